The number of aliphatic hydroxyl groups is 1. The Morgan fingerprint density at radius 2 is 2.06 bits per heavy atom. The summed E-state index contributed by atoms with van der Waals surface area (Å²) in [7, 11) is -3.23. The summed E-state index contributed by atoms with van der Waals surface area (Å²) in [6.07, 6.45) is 3.33. The van der Waals surface area contributed by atoms with Gasteiger partial charge in [0.2, 0.25) is 0 Å². The molecule has 0 aliphatic carbocycles. The van der Waals surface area contributed by atoms with Crippen molar-refractivity contribution in [2.24, 2.45) is 0 Å². The van der Waals surface area contributed by atoms with Crippen molar-refractivity contribution in [2.75, 3.05) is 25.9 Å². The predicted molar refractivity (Wildman–Crippen MR) is 69.1 cm³/mol. The normalized spacial score (nSPS) is 14.1. The van der Waals surface area contributed by atoms with Crippen LogP contribution in [0.3, 0.4) is 0 Å². The molecular formula is C11H21N3O3S. The second-order valence-corrected chi connectivity index (χ2v) is 6.33. The molecule has 0 bridgehead atoms. The van der Waals surface area contributed by atoms with Crippen LogP contribution in [0.25, 0.3) is 0 Å². The van der Waals surface area contributed by atoms with E-state index in [0.29, 0.717) is 13.1 Å². The molecule has 0 spiro atoms. The molecule has 1 N–H and O–H groups in total. The summed E-state index contributed by atoms with van der Waals surface area (Å²) >= 11 is 0. The van der Waals surface area contributed by atoms with Gasteiger partial charge in [0.25, 0.3) is 0 Å². The van der Waals surface area contributed by atoms with Crippen LogP contribution in [0.1, 0.15) is 13.8 Å². The lowest BCUT2D eigenvalue weighted by Crippen LogP contribution is -2.34. The molecule has 18 heavy (non-hydrogen) atoms. The minimum absolute atomic E-state index is 0.178. The topological polar surface area (TPSA) is 75.4 Å². The van der Waals surface area contributed by atoms with Crippen LogP contribution in [0.5, 0.6) is 0 Å². The Morgan fingerprint density at radius 1 is 1.44 bits per heavy atom. The third-order valence-corrected chi connectivity index (χ3v) is 3.87. The lowest BCUT2D eigenvalue weighted by molar-refractivity contribution is 0.0996. The van der Waals surface area contributed by atoms with Gasteiger partial charge in [-0.15, -0.1) is 0 Å². The minimum atomic E-state index is -3.23. The lowest BCUT2D eigenvalue weighted by atomic mass is 10.3. The highest BCUT2D eigenvalue weighted by Gasteiger charge is 2.13. The van der Waals surface area contributed by atoms with E-state index in [2.05, 4.69) is 10.00 Å². The van der Waals surface area contributed by atoms with Crippen molar-refractivity contribution in [1.29, 1.82) is 0 Å². The van der Waals surface area contributed by atoms with Crippen LogP contribution in [0.15, 0.2) is 17.3 Å². The molecule has 0 saturated heterocycles. The number of likely N-dealkylation sites (N-methyl/N-ethyl adjacent to an activating group) is 1. The summed E-state index contributed by atoms with van der Waals surface area (Å²) in [5.74, 6) is 0. The first kappa shape index (κ1) is 15.1. The molecule has 0 amide bonds. The van der Waals surface area contributed by atoms with Gasteiger partial charge in [0.15, 0.2) is 9.84 Å². The third kappa shape index (κ3) is 4.40. The molecule has 1 heterocycles. The average molecular weight is 275 g/mol. The molecular weight excluding hydrogens is 254 g/mol. The second kappa shape index (κ2) is 6.31. The molecule has 104 valence electrons. The highest BCUT2D eigenvalue weighted by atomic mass is 32.2. The summed E-state index contributed by atoms with van der Waals surface area (Å²) in [5, 5.41) is 13.8. The zero-order valence-corrected chi connectivity index (χ0v) is 11.9. The summed E-state index contributed by atoms with van der Waals surface area (Å²) in [4.78, 5) is 2.28. The summed E-state index contributed by atoms with van der Waals surface area (Å²) < 4.78 is 24.0. The molecule has 0 radical (unpaired) electrons. The van der Waals surface area contributed by atoms with Gasteiger partial charge in [-0.3, -0.25) is 4.68 Å². The van der Waals surface area contributed by atoms with Gasteiger partial charge in [0.05, 0.1) is 18.8 Å². The molecule has 1 atom stereocenters. The monoisotopic (exact) mass is 275 g/mol. The van der Waals surface area contributed by atoms with E-state index < -0.39 is 15.9 Å². The van der Waals surface area contributed by atoms with Crippen LogP contribution < -0.4 is 0 Å². The van der Waals surface area contributed by atoms with Crippen LogP contribution in [0.2, 0.25) is 0 Å². The van der Waals surface area contributed by atoms with Gasteiger partial charge >= 0.3 is 0 Å². The zero-order valence-electron chi connectivity index (χ0n) is 11.1. The molecule has 0 aliphatic rings. The fourth-order valence-electron chi connectivity index (χ4n) is 1.69. The van der Waals surface area contributed by atoms with E-state index in [-0.39, 0.29) is 4.90 Å². The third-order valence-electron chi connectivity index (χ3n) is 2.80. The van der Waals surface area contributed by atoms with E-state index in [0.717, 1.165) is 19.3 Å². The van der Waals surface area contributed by atoms with Crippen LogP contribution in [0.4, 0.5) is 0 Å². The molecule has 7 heteroatoms. The molecule has 0 aliphatic heterocycles. The van der Waals surface area contributed by atoms with Gasteiger partial charge in [-0.05, 0) is 13.1 Å². The Bertz CT molecular complexity index is 466. The maximum atomic E-state index is 11.3. The van der Waals surface area contributed by atoms with Gasteiger partial charge in [-0.2, -0.15) is 5.10 Å². The first-order chi connectivity index (χ1) is 8.36. The van der Waals surface area contributed by atoms with E-state index in [1.807, 2.05) is 13.8 Å². The largest absolute Gasteiger partial charge is 0.390 e. The van der Waals surface area contributed by atoms with Gasteiger partial charge < -0.3 is 10.0 Å². The number of hydrogen-bond donors (Lipinski definition) is 1. The Morgan fingerprint density at radius 3 is 2.50 bits per heavy atom. The Hall–Kier alpha value is -0.920. The van der Waals surface area contributed by atoms with Crippen LogP contribution >= 0.6 is 0 Å². The predicted octanol–water partition coefficient (Wildman–Crippen LogP) is -0.0107. The van der Waals surface area contributed by atoms with Crippen molar-refractivity contribution in [3.63, 3.8) is 0 Å². The van der Waals surface area contributed by atoms with E-state index >= 15 is 0 Å². The number of aliphatic hydroxyl groups excluding tert-OH is 1. The van der Waals surface area contributed by atoms with Gasteiger partial charge in [0, 0.05) is 19.0 Å². The van der Waals surface area contributed by atoms with Gasteiger partial charge in [-0.25, -0.2) is 8.42 Å². The second-order valence-electron chi connectivity index (χ2n) is 4.31. The maximum absolute atomic E-state index is 11.3. The number of sulfone groups is 1. The smallest absolute Gasteiger partial charge is 0.178 e. The van der Waals surface area contributed by atoms with E-state index in [9.17, 15) is 13.5 Å². The van der Waals surface area contributed by atoms with E-state index in [1.165, 1.54) is 17.1 Å². The van der Waals surface area contributed by atoms with Crippen molar-refractivity contribution in [2.45, 2.75) is 31.4 Å². The number of nitrogens with zero attached hydrogens (tertiary/aromatic N) is 3. The highest BCUT2D eigenvalue weighted by molar-refractivity contribution is 7.90. The molecule has 1 aromatic rings. The Kier molecular flexibility index (Phi) is 5.30. The van der Waals surface area contributed by atoms with E-state index in [1.54, 1.807) is 0 Å². The number of rotatable bonds is 7. The van der Waals surface area contributed by atoms with Crippen molar-refractivity contribution >= 4 is 9.84 Å². The van der Waals surface area contributed by atoms with Crippen molar-refractivity contribution in [1.82, 2.24) is 14.7 Å². The maximum Gasteiger partial charge on any atom is 0.178 e. The van der Waals surface area contributed by atoms with Crippen LogP contribution in [0, 0.1) is 0 Å². The Balaban J connectivity index is 2.60. The fraction of sp³-hybridized carbons (Fsp3) is 0.727. The summed E-state index contributed by atoms with van der Waals surface area (Å²) in [5.41, 5.74) is 0. The average Bonchev–Trinajstić information content (AvgIpc) is 2.74. The lowest BCUT2D eigenvalue weighted by Gasteiger charge is -2.21. The van der Waals surface area contributed by atoms with Gasteiger partial charge in [-0.1, -0.05) is 13.8 Å². The highest BCUT2D eigenvalue weighted by Crippen LogP contribution is 2.07. The summed E-state index contributed by atoms with van der Waals surface area (Å²) in [6.45, 7) is 6.67. The van der Waals surface area contributed by atoms with Crippen LogP contribution in [-0.4, -0.2) is 60.2 Å². The van der Waals surface area contributed by atoms with E-state index in [4.69, 9.17) is 0 Å². The fourth-order valence-corrected chi connectivity index (χ4v) is 2.24. The molecule has 1 rings (SSSR count). The SMILES string of the molecule is CCN(CC)CC(O)Cn1cc(S(C)(=O)=O)cn1. The molecule has 0 aromatic carbocycles. The van der Waals surface area contributed by atoms with Crippen molar-refractivity contribution < 1.29 is 13.5 Å². The Labute approximate surface area is 108 Å². The molecule has 0 fully saturated rings. The first-order valence-corrected chi connectivity index (χ1v) is 7.88. The first-order valence-electron chi connectivity index (χ1n) is 5.99. The summed E-state index contributed by atoms with van der Waals surface area (Å²) in [6, 6.07) is 0. The minimum Gasteiger partial charge on any atom is -0.390 e. The quantitative estimate of drug-likeness (QED) is 0.757. The van der Waals surface area contributed by atoms with Gasteiger partial charge in [0.1, 0.15) is 4.90 Å². The molecule has 1 aromatic heterocycles. The number of aromatic nitrogens is 2. The van der Waals surface area contributed by atoms with Crippen molar-refractivity contribution in [3.8, 4) is 0 Å². The zero-order chi connectivity index (χ0) is 13.8. The standard InChI is InChI=1S/C11H21N3O3S/c1-4-13(5-2)7-10(15)8-14-9-11(6-12-14)18(3,16)17/h6,9-10,15H,4-5,7-8H2,1-3H3. The number of hydrogen-bond acceptors (Lipinski definition) is 5. The van der Waals surface area contributed by atoms with Crippen molar-refractivity contribution in [3.05, 3.63) is 12.4 Å². The molecule has 0 saturated carbocycles. The molecule has 6 nitrogen and oxygen atoms in total. The van der Waals surface area contributed by atoms with Crippen LogP contribution in [-0.2, 0) is 16.4 Å². The molecule has 1 unspecified atom stereocenters.